The van der Waals surface area contributed by atoms with Crippen LogP contribution in [0.4, 0.5) is 5.82 Å². The van der Waals surface area contributed by atoms with Gasteiger partial charge in [-0.3, -0.25) is 0 Å². The Balaban J connectivity index is 1.43. The van der Waals surface area contributed by atoms with Gasteiger partial charge in [0.25, 0.3) is 0 Å². The average Bonchev–Trinajstić information content (AvgIpc) is 3.03. The lowest BCUT2D eigenvalue weighted by molar-refractivity contribution is 0.293. The van der Waals surface area contributed by atoms with Crippen LogP contribution in [0.25, 0.3) is 0 Å². The molecular weight excluding hydrogens is 314 g/mol. The van der Waals surface area contributed by atoms with Gasteiger partial charge in [0.1, 0.15) is 18.1 Å². The molecule has 0 radical (unpaired) electrons. The van der Waals surface area contributed by atoms with E-state index in [-0.39, 0.29) is 5.54 Å². The van der Waals surface area contributed by atoms with E-state index in [4.69, 9.17) is 15.5 Å². The Morgan fingerprint density at radius 3 is 2.72 bits per heavy atom. The predicted molar refractivity (Wildman–Crippen MR) is 97.5 cm³/mol. The first-order valence-electron chi connectivity index (χ1n) is 8.72. The van der Waals surface area contributed by atoms with Crippen molar-refractivity contribution in [3.63, 3.8) is 0 Å². The van der Waals surface area contributed by atoms with Gasteiger partial charge in [0.05, 0.1) is 18.4 Å². The molecule has 0 aliphatic carbocycles. The Kier molecular flexibility index (Phi) is 4.13. The molecule has 25 heavy (non-hydrogen) atoms. The fourth-order valence-electron chi connectivity index (χ4n) is 3.17. The third-order valence-corrected chi connectivity index (χ3v) is 4.86. The van der Waals surface area contributed by atoms with Gasteiger partial charge in [-0.05, 0) is 25.3 Å². The fourth-order valence-corrected chi connectivity index (χ4v) is 3.17. The lowest BCUT2D eigenvalue weighted by atomic mass is 9.91. The van der Waals surface area contributed by atoms with E-state index in [1.807, 2.05) is 36.5 Å². The highest BCUT2D eigenvalue weighted by atomic mass is 16.5. The molecule has 6 heteroatoms. The van der Waals surface area contributed by atoms with Gasteiger partial charge in [-0.1, -0.05) is 30.3 Å². The van der Waals surface area contributed by atoms with E-state index in [1.54, 1.807) is 0 Å². The second-order valence-corrected chi connectivity index (χ2v) is 7.06. The number of piperidine rings is 1. The Bertz CT molecular complexity index is 778. The van der Waals surface area contributed by atoms with E-state index in [1.165, 1.54) is 0 Å². The summed E-state index contributed by atoms with van der Waals surface area (Å²) in [6.45, 7) is 4.97. The van der Waals surface area contributed by atoms with Gasteiger partial charge in [-0.25, -0.2) is 15.0 Å². The minimum atomic E-state index is -0.0672. The van der Waals surface area contributed by atoms with Crippen LogP contribution >= 0.6 is 0 Å². The molecule has 1 fully saturated rings. The van der Waals surface area contributed by atoms with Crippen molar-refractivity contribution in [3.05, 3.63) is 53.5 Å². The molecule has 6 nitrogen and oxygen atoms in total. The topological polar surface area (TPSA) is 76.6 Å². The summed E-state index contributed by atoms with van der Waals surface area (Å²) in [6.07, 6.45) is 3.76. The number of aliphatic imine (C=N–C) groups is 1. The van der Waals surface area contributed by atoms with Crippen LogP contribution in [0.3, 0.4) is 0 Å². The highest BCUT2D eigenvalue weighted by Gasteiger charge is 2.28. The summed E-state index contributed by atoms with van der Waals surface area (Å²) in [6, 6.07) is 10.1. The van der Waals surface area contributed by atoms with Gasteiger partial charge in [0, 0.05) is 18.6 Å². The molecule has 130 valence electrons. The Hall–Kier alpha value is -2.47. The van der Waals surface area contributed by atoms with Crippen molar-refractivity contribution in [1.29, 1.82) is 0 Å². The number of anilines is 1. The third-order valence-electron chi connectivity index (χ3n) is 4.86. The summed E-state index contributed by atoms with van der Waals surface area (Å²) in [7, 11) is 0. The van der Waals surface area contributed by atoms with Gasteiger partial charge in [-0.15, -0.1) is 0 Å². The molecule has 2 aromatic rings. The van der Waals surface area contributed by atoms with Gasteiger partial charge >= 0.3 is 0 Å². The van der Waals surface area contributed by atoms with Crippen LogP contribution in [0.1, 0.15) is 36.7 Å². The zero-order chi connectivity index (χ0) is 17.3. The fraction of sp³-hybridized carbons (Fsp3) is 0.421. The quantitative estimate of drug-likeness (QED) is 0.930. The zero-order valence-corrected chi connectivity index (χ0v) is 14.5. The molecule has 3 heterocycles. The lowest BCUT2D eigenvalue weighted by Crippen LogP contribution is -2.48. The summed E-state index contributed by atoms with van der Waals surface area (Å²) < 4.78 is 5.85. The molecule has 0 atom stereocenters. The number of aromatic nitrogens is 2. The van der Waals surface area contributed by atoms with E-state index < -0.39 is 0 Å². The SMILES string of the molecule is CC1(N)CCN(c2cnc3c(n2)CN=C3OCc2ccccc2)CC1. The standard InChI is InChI=1S/C19H23N5O/c1-19(20)7-9-24(10-8-19)16-12-21-17-15(23-16)11-22-18(17)25-13-14-5-3-2-4-6-14/h2-6,12H,7-11,13,20H2,1H3. The molecule has 2 N–H and O–H groups in total. The molecule has 0 amide bonds. The number of nitrogens with zero attached hydrogens (tertiary/aromatic N) is 4. The van der Waals surface area contributed by atoms with E-state index in [9.17, 15) is 0 Å². The number of hydrogen-bond acceptors (Lipinski definition) is 6. The average molecular weight is 337 g/mol. The molecule has 0 saturated carbocycles. The summed E-state index contributed by atoms with van der Waals surface area (Å²) in [4.78, 5) is 16.0. The Morgan fingerprint density at radius 2 is 1.96 bits per heavy atom. The number of benzene rings is 1. The second kappa shape index (κ2) is 6.44. The van der Waals surface area contributed by atoms with Crippen LogP contribution in [-0.4, -0.2) is 34.5 Å². The summed E-state index contributed by atoms with van der Waals surface area (Å²) in [5.41, 5.74) is 8.91. The van der Waals surface area contributed by atoms with Crippen molar-refractivity contribution in [2.24, 2.45) is 10.7 Å². The van der Waals surface area contributed by atoms with Crippen molar-refractivity contribution >= 4 is 11.7 Å². The van der Waals surface area contributed by atoms with Gasteiger partial charge in [0.2, 0.25) is 5.90 Å². The summed E-state index contributed by atoms with van der Waals surface area (Å²) >= 11 is 0. The van der Waals surface area contributed by atoms with Crippen LogP contribution in [0.2, 0.25) is 0 Å². The minimum absolute atomic E-state index is 0.0672. The number of nitrogens with two attached hydrogens (primary N) is 1. The maximum Gasteiger partial charge on any atom is 0.238 e. The van der Waals surface area contributed by atoms with E-state index in [0.29, 0.717) is 19.0 Å². The first kappa shape index (κ1) is 16.0. The van der Waals surface area contributed by atoms with E-state index in [0.717, 1.165) is 48.7 Å². The molecule has 4 rings (SSSR count). The maximum atomic E-state index is 6.21. The van der Waals surface area contributed by atoms with Gasteiger partial charge < -0.3 is 15.4 Å². The highest BCUT2D eigenvalue weighted by molar-refractivity contribution is 5.95. The predicted octanol–water partition coefficient (Wildman–Crippen LogP) is 2.27. The molecule has 2 aliphatic rings. The maximum absolute atomic E-state index is 6.21. The highest BCUT2D eigenvalue weighted by Crippen LogP contribution is 2.25. The summed E-state index contributed by atoms with van der Waals surface area (Å²) in [5.74, 6) is 1.50. The van der Waals surface area contributed by atoms with Crippen LogP contribution in [0.5, 0.6) is 0 Å². The second-order valence-electron chi connectivity index (χ2n) is 7.06. The third kappa shape index (κ3) is 3.49. The van der Waals surface area contributed by atoms with Crippen LogP contribution in [0, 0.1) is 0 Å². The number of rotatable bonds is 3. The van der Waals surface area contributed by atoms with Crippen molar-refractivity contribution in [2.45, 2.75) is 38.5 Å². The molecule has 1 aromatic heterocycles. The Morgan fingerprint density at radius 1 is 1.20 bits per heavy atom. The monoisotopic (exact) mass is 337 g/mol. The molecular formula is C19H23N5O. The molecule has 1 saturated heterocycles. The normalized spacial score (nSPS) is 18.6. The Labute approximate surface area is 147 Å². The van der Waals surface area contributed by atoms with Crippen molar-refractivity contribution in [2.75, 3.05) is 18.0 Å². The van der Waals surface area contributed by atoms with Gasteiger partial charge in [0.15, 0.2) is 0 Å². The summed E-state index contributed by atoms with van der Waals surface area (Å²) in [5, 5.41) is 0. The van der Waals surface area contributed by atoms with Crippen molar-refractivity contribution in [3.8, 4) is 0 Å². The van der Waals surface area contributed by atoms with Crippen LogP contribution in [0.15, 0.2) is 41.5 Å². The minimum Gasteiger partial charge on any atom is -0.471 e. The smallest absolute Gasteiger partial charge is 0.238 e. The lowest BCUT2D eigenvalue weighted by Gasteiger charge is -2.37. The largest absolute Gasteiger partial charge is 0.471 e. The molecule has 1 aromatic carbocycles. The molecule has 0 bridgehead atoms. The zero-order valence-electron chi connectivity index (χ0n) is 14.5. The number of fused-ring (bicyclic) bond motifs is 1. The number of hydrogen-bond donors (Lipinski definition) is 1. The molecule has 0 unspecified atom stereocenters. The number of ether oxygens (including phenoxy) is 1. The first-order chi connectivity index (χ1) is 12.1. The van der Waals surface area contributed by atoms with Crippen LogP contribution in [-0.2, 0) is 17.9 Å². The van der Waals surface area contributed by atoms with E-state index >= 15 is 0 Å². The van der Waals surface area contributed by atoms with Gasteiger partial charge in [-0.2, -0.15) is 0 Å². The van der Waals surface area contributed by atoms with Crippen molar-refractivity contribution in [1.82, 2.24) is 9.97 Å². The molecule has 0 spiro atoms. The first-order valence-corrected chi connectivity index (χ1v) is 8.72. The van der Waals surface area contributed by atoms with E-state index in [2.05, 4.69) is 21.8 Å². The van der Waals surface area contributed by atoms with Crippen LogP contribution < -0.4 is 10.6 Å². The van der Waals surface area contributed by atoms with Crippen molar-refractivity contribution < 1.29 is 4.74 Å². The molecule has 2 aliphatic heterocycles.